The topological polar surface area (TPSA) is 76.7 Å². The summed E-state index contributed by atoms with van der Waals surface area (Å²) in [5, 5.41) is 6.99. The Hall–Kier alpha value is -3.64. The molecule has 0 saturated carbocycles. The van der Waals surface area contributed by atoms with Crippen molar-refractivity contribution in [3.63, 3.8) is 0 Å². The second-order valence-corrected chi connectivity index (χ2v) is 9.74. The number of nitrogens with one attached hydrogen (secondary N) is 1. The number of aromatic amines is 1. The van der Waals surface area contributed by atoms with E-state index < -0.39 is 5.76 Å². The van der Waals surface area contributed by atoms with Crippen molar-refractivity contribution in [2.24, 2.45) is 5.92 Å². The van der Waals surface area contributed by atoms with E-state index in [2.05, 4.69) is 59.8 Å². The average Bonchev–Trinajstić information content (AvgIpc) is 3.43. The molecule has 0 fully saturated rings. The Morgan fingerprint density at radius 2 is 1.80 bits per heavy atom. The first-order valence-electron chi connectivity index (χ1n) is 11.8. The van der Waals surface area contributed by atoms with Crippen molar-refractivity contribution in [1.82, 2.24) is 19.7 Å². The second kappa shape index (κ2) is 9.55. The summed E-state index contributed by atoms with van der Waals surface area (Å²) in [7, 11) is 0. The normalized spacial score (nSPS) is 12.5. The van der Waals surface area contributed by atoms with Gasteiger partial charge in [0.05, 0.1) is 17.6 Å². The summed E-state index contributed by atoms with van der Waals surface area (Å²) >= 11 is 6.52. The third-order valence-electron chi connectivity index (χ3n) is 6.26. The molecular formula is C28H27ClN4O2. The fourth-order valence-electron chi connectivity index (χ4n) is 4.49. The molecule has 5 aromatic rings. The van der Waals surface area contributed by atoms with Crippen molar-refractivity contribution in [3.05, 3.63) is 105 Å². The molecule has 7 heteroatoms. The number of hydrogen-bond acceptors (Lipinski definition) is 4. The lowest BCUT2D eigenvalue weighted by molar-refractivity contribution is 0.527. The predicted molar refractivity (Wildman–Crippen MR) is 139 cm³/mol. The van der Waals surface area contributed by atoms with Crippen LogP contribution in [0, 0.1) is 5.92 Å². The van der Waals surface area contributed by atoms with Gasteiger partial charge in [0.15, 0.2) is 0 Å². The van der Waals surface area contributed by atoms with Crippen LogP contribution >= 0.6 is 11.6 Å². The largest absolute Gasteiger partial charge is 0.434 e. The molecule has 2 aromatic heterocycles. The summed E-state index contributed by atoms with van der Waals surface area (Å²) in [4.78, 5) is 16.5. The van der Waals surface area contributed by atoms with Gasteiger partial charge in [-0.25, -0.2) is 14.9 Å². The van der Waals surface area contributed by atoms with Crippen molar-refractivity contribution in [3.8, 4) is 11.5 Å². The van der Waals surface area contributed by atoms with Gasteiger partial charge in [-0.2, -0.15) is 0 Å². The molecule has 5 rings (SSSR count). The van der Waals surface area contributed by atoms with Crippen molar-refractivity contribution < 1.29 is 4.42 Å². The summed E-state index contributed by atoms with van der Waals surface area (Å²) < 4.78 is 7.36. The van der Waals surface area contributed by atoms with E-state index in [1.807, 2.05) is 42.5 Å². The van der Waals surface area contributed by atoms with Crippen molar-refractivity contribution in [2.45, 2.75) is 39.7 Å². The van der Waals surface area contributed by atoms with E-state index in [4.69, 9.17) is 21.0 Å². The van der Waals surface area contributed by atoms with Gasteiger partial charge >= 0.3 is 5.76 Å². The molecule has 0 bridgehead atoms. The lowest BCUT2D eigenvalue weighted by Gasteiger charge is -2.17. The Morgan fingerprint density at radius 3 is 2.49 bits per heavy atom. The average molecular weight is 487 g/mol. The minimum atomic E-state index is -0.584. The highest BCUT2D eigenvalue weighted by atomic mass is 35.5. The number of fused-ring (bicyclic) bond motifs is 1. The highest BCUT2D eigenvalue weighted by Gasteiger charge is 2.20. The molecule has 178 valence electrons. The first-order valence-corrected chi connectivity index (χ1v) is 12.1. The van der Waals surface area contributed by atoms with Gasteiger partial charge in [0.25, 0.3) is 0 Å². The zero-order valence-electron chi connectivity index (χ0n) is 20.0. The quantitative estimate of drug-likeness (QED) is 0.287. The van der Waals surface area contributed by atoms with Crippen LogP contribution in [-0.2, 0) is 13.0 Å². The minimum Gasteiger partial charge on any atom is -0.388 e. The van der Waals surface area contributed by atoms with Crippen LogP contribution in [0.4, 0.5) is 0 Å². The molecule has 0 aliphatic rings. The number of H-pyrrole nitrogens is 1. The SMILES string of the molecule is CC(C)Cc1ccc(C(C)c2nc3cc(-c4n[nH]c(=O)o4)ccc3n2Cc2ccccc2Cl)cc1. The van der Waals surface area contributed by atoms with Gasteiger partial charge in [-0.1, -0.05) is 74.8 Å². The Morgan fingerprint density at radius 1 is 1.03 bits per heavy atom. The van der Waals surface area contributed by atoms with E-state index in [1.54, 1.807) is 0 Å². The second-order valence-electron chi connectivity index (χ2n) is 9.33. The van der Waals surface area contributed by atoms with Crippen LogP contribution in [0.25, 0.3) is 22.5 Å². The van der Waals surface area contributed by atoms with Crippen molar-refractivity contribution >= 4 is 22.6 Å². The molecule has 0 radical (unpaired) electrons. The predicted octanol–water partition coefficient (Wildman–Crippen LogP) is 6.43. The summed E-state index contributed by atoms with van der Waals surface area (Å²) in [5.74, 6) is 1.28. The zero-order valence-corrected chi connectivity index (χ0v) is 20.7. The molecule has 0 amide bonds. The van der Waals surface area contributed by atoms with E-state index in [9.17, 15) is 4.79 Å². The van der Waals surface area contributed by atoms with Gasteiger partial charge in [0.1, 0.15) is 5.82 Å². The number of benzene rings is 3. The Balaban J connectivity index is 1.59. The van der Waals surface area contributed by atoms with Crippen LogP contribution in [0.1, 0.15) is 49.2 Å². The molecule has 0 aliphatic heterocycles. The monoisotopic (exact) mass is 486 g/mol. The molecule has 0 aliphatic carbocycles. The van der Waals surface area contributed by atoms with Gasteiger partial charge in [-0.05, 0) is 53.3 Å². The standard InChI is InChI=1S/C28H27ClN4O2/c1-17(2)14-19-8-10-20(11-9-19)18(3)26-30-24-15-21(27-31-32-28(34)35-27)12-13-25(24)33(26)16-22-6-4-5-7-23(22)29/h4-13,15,17-18H,14,16H2,1-3H3,(H,32,34). The third kappa shape index (κ3) is 4.80. The molecule has 1 unspecified atom stereocenters. The first-order chi connectivity index (χ1) is 16.9. The Kier molecular flexibility index (Phi) is 6.31. The summed E-state index contributed by atoms with van der Waals surface area (Å²) in [6.07, 6.45) is 1.06. The van der Waals surface area contributed by atoms with E-state index in [0.29, 0.717) is 18.0 Å². The van der Waals surface area contributed by atoms with Gasteiger partial charge in [-0.3, -0.25) is 0 Å². The maximum atomic E-state index is 11.4. The van der Waals surface area contributed by atoms with Gasteiger partial charge in [0.2, 0.25) is 5.89 Å². The lowest BCUT2D eigenvalue weighted by atomic mass is 9.96. The molecule has 1 N–H and O–H groups in total. The summed E-state index contributed by atoms with van der Waals surface area (Å²) in [5.41, 5.74) is 6.03. The molecule has 6 nitrogen and oxygen atoms in total. The molecule has 0 spiro atoms. The van der Waals surface area contributed by atoms with Gasteiger partial charge in [0, 0.05) is 16.5 Å². The number of aromatic nitrogens is 4. The first kappa shape index (κ1) is 23.1. The maximum Gasteiger partial charge on any atom is 0.434 e. The zero-order chi connectivity index (χ0) is 24.5. The van der Waals surface area contributed by atoms with Crippen molar-refractivity contribution in [2.75, 3.05) is 0 Å². The molecular weight excluding hydrogens is 460 g/mol. The molecule has 35 heavy (non-hydrogen) atoms. The minimum absolute atomic E-state index is 0.0600. The third-order valence-corrected chi connectivity index (χ3v) is 6.63. The van der Waals surface area contributed by atoms with E-state index >= 15 is 0 Å². The van der Waals surface area contributed by atoms with Crippen LogP contribution in [0.5, 0.6) is 0 Å². The fraction of sp³-hybridized carbons (Fsp3) is 0.250. The number of hydrogen-bond donors (Lipinski definition) is 1. The van der Waals surface area contributed by atoms with Gasteiger partial charge in [-0.15, -0.1) is 5.10 Å². The van der Waals surface area contributed by atoms with E-state index in [1.165, 1.54) is 11.1 Å². The lowest BCUT2D eigenvalue weighted by Crippen LogP contribution is -2.10. The van der Waals surface area contributed by atoms with Gasteiger partial charge < -0.3 is 8.98 Å². The molecule has 1 atom stereocenters. The molecule has 2 heterocycles. The van der Waals surface area contributed by atoms with E-state index in [-0.39, 0.29) is 11.8 Å². The van der Waals surface area contributed by atoms with Crippen LogP contribution in [0.2, 0.25) is 5.02 Å². The van der Waals surface area contributed by atoms with Crippen LogP contribution < -0.4 is 5.76 Å². The highest BCUT2D eigenvalue weighted by Crippen LogP contribution is 2.31. The number of rotatable bonds is 7. The van der Waals surface area contributed by atoms with Crippen LogP contribution in [0.15, 0.2) is 75.9 Å². The highest BCUT2D eigenvalue weighted by molar-refractivity contribution is 6.31. The smallest absolute Gasteiger partial charge is 0.388 e. The number of halogens is 1. The molecule has 3 aromatic carbocycles. The van der Waals surface area contributed by atoms with Crippen LogP contribution in [0.3, 0.4) is 0 Å². The number of imidazole rings is 1. The summed E-state index contributed by atoms with van der Waals surface area (Å²) in [6, 6.07) is 22.5. The Labute approximate surface area is 208 Å². The van der Waals surface area contributed by atoms with Crippen LogP contribution in [-0.4, -0.2) is 19.7 Å². The number of nitrogens with zero attached hydrogens (tertiary/aromatic N) is 3. The maximum absolute atomic E-state index is 11.4. The van der Waals surface area contributed by atoms with Crippen molar-refractivity contribution in [1.29, 1.82) is 0 Å². The van der Waals surface area contributed by atoms with E-state index in [0.717, 1.165) is 33.9 Å². The molecule has 0 saturated heterocycles. The fourth-order valence-corrected chi connectivity index (χ4v) is 4.69. The summed E-state index contributed by atoms with van der Waals surface area (Å²) in [6.45, 7) is 7.24. The Bertz CT molecular complexity index is 1530.